The summed E-state index contributed by atoms with van der Waals surface area (Å²) in [6.45, 7) is 11.6. The average molecular weight is 675 g/mol. The number of aryl methyl sites for hydroxylation is 1. The molecule has 4 aliphatic rings. The third-order valence-electron chi connectivity index (χ3n) is 10.4. The van der Waals surface area contributed by atoms with E-state index in [1.54, 1.807) is 4.90 Å². The van der Waals surface area contributed by atoms with Crippen molar-refractivity contribution in [2.24, 2.45) is 17.3 Å². The van der Waals surface area contributed by atoms with Crippen LogP contribution in [0.1, 0.15) is 89.8 Å². The van der Waals surface area contributed by atoms with Crippen LogP contribution in [0.25, 0.3) is 0 Å². The third kappa shape index (κ3) is 7.48. The lowest BCUT2D eigenvalue weighted by Crippen LogP contribution is -2.58. The molecule has 13 heteroatoms. The topological polar surface area (TPSA) is 155 Å². The number of hydrogen-bond acceptors (Lipinski definition) is 7. The molecule has 2 fully saturated rings. The van der Waals surface area contributed by atoms with Crippen molar-refractivity contribution in [1.82, 2.24) is 20.4 Å². The number of carbonyl (C=O) groups is 4. The molecule has 1 aromatic carbocycles. The van der Waals surface area contributed by atoms with Crippen molar-refractivity contribution in [3.63, 3.8) is 0 Å². The number of rotatable bonds is 4. The normalized spacial score (nSPS) is 31.7. The third-order valence-corrected chi connectivity index (χ3v) is 12.5. The summed E-state index contributed by atoms with van der Waals surface area (Å²) >= 11 is 0. The molecule has 3 aliphatic heterocycles. The molecular weight excluding hydrogens is 623 g/mol. The molecule has 1 unspecified atom stereocenters. The molecule has 1 aliphatic carbocycles. The highest BCUT2D eigenvalue weighted by atomic mass is 31.2. The van der Waals surface area contributed by atoms with Crippen molar-refractivity contribution in [3.05, 3.63) is 34.9 Å². The van der Waals surface area contributed by atoms with E-state index in [-0.39, 0.29) is 31.4 Å². The molecule has 5 rings (SSSR count). The van der Waals surface area contributed by atoms with Crippen molar-refractivity contribution < 1.29 is 38.1 Å². The lowest BCUT2D eigenvalue weighted by molar-refractivity contribution is -0.142. The van der Waals surface area contributed by atoms with Gasteiger partial charge < -0.3 is 29.9 Å². The van der Waals surface area contributed by atoms with Gasteiger partial charge in [-0.1, -0.05) is 65.7 Å². The van der Waals surface area contributed by atoms with Gasteiger partial charge in [0.25, 0.3) is 0 Å². The van der Waals surface area contributed by atoms with Crippen LogP contribution in [0.4, 0.5) is 9.59 Å². The first-order valence-electron chi connectivity index (χ1n) is 17.0. The number of ether oxygens (including phenoxy) is 2. The van der Waals surface area contributed by atoms with Crippen LogP contribution in [-0.4, -0.2) is 82.0 Å². The minimum absolute atomic E-state index is 0.0144. The molecule has 1 saturated heterocycles. The Balaban J connectivity index is 1.44. The maximum atomic E-state index is 14.3. The molecule has 3 heterocycles. The fraction of sp³-hybridized carbons (Fsp3) is 0.706. The van der Waals surface area contributed by atoms with E-state index in [0.29, 0.717) is 25.9 Å². The zero-order chi connectivity index (χ0) is 34.3. The first-order chi connectivity index (χ1) is 22.0. The van der Waals surface area contributed by atoms with Crippen LogP contribution >= 0.6 is 7.37 Å². The summed E-state index contributed by atoms with van der Waals surface area (Å²) in [5.41, 5.74) is 2.66. The number of nitrogens with one attached hydrogen (secondary N) is 2. The van der Waals surface area contributed by atoms with E-state index in [1.165, 1.54) is 17.1 Å². The van der Waals surface area contributed by atoms with Crippen LogP contribution < -0.4 is 10.6 Å². The summed E-state index contributed by atoms with van der Waals surface area (Å²) < 4.78 is 24.5. The summed E-state index contributed by atoms with van der Waals surface area (Å²) in [6, 6.07) is 4.00. The molecule has 1 saturated carbocycles. The van der Waals surface area contributed by atoms with Gasteiger partial charge in [0.05, 0.1) is 13.2 Å². The monoisotopic (exact) mass is 674 g/mol. The van der Waals surface area contributed by atoms with E-state index in [4.69, 9.17) is 9.47 Å². The Morgan fingerprint density at radius 3 is 2.55 bits per heavy atom. The molecule has 12 nitrogen and oxygen atoms in total. The average Bonchev–Trinajstić information content (AvgIpc) is 3.31. The highest BCUT2D eigenvalue weighted by Gasteiger charge is 2.64. The Morgan fingerprint density at radius 1 is 1.17 bits per heavy atom. The summed E-state index contributed by atoms with van der Waals surface area (Å²) in [5, 5.41) is 4.33. The van der Waals surface area contributed by atoms with Gasteiger partial charge in [-0.25, -0.2) is 9.59 Å². The predicted octanol–water partition coefficient (Wildman–Crippen LogP) is 4.75. The molecular formula is C34H51N4O8P. The molecule has 4 bridgehead atoms. The van der Waals surface area contributed by atoms with Gasteiger partial charge in [-0.05, 0) is 59.6 Å². The highest BCUT2D eigenvalue weighted by Crippen LogP contribution is 2.68. The van der Waals surface area contributed by atoms with Crippen LogP contribution in [0.15, 0.2) is 18.2 Å². The molecule has 0 aromatic heterocycles. The molecule has 7 atom stereocenters. The van der Waals surface area contributed by atoms with Crippen LogP contribution in [0.5, 0.6) is 0 Å². The molecule has 1 aromatic rings. The molecule has 260 valence electrons. The van der Waals surface area contributed by atoms with Gasteiger partial charge in [-0.15, -0.1) is 0 Å². The Bertz CT molecular complexity index is 1440. The Hall–Kier alpha value is -3.11. The van der Waals surface area contributed by atoms with Crippen molar-refractivity contribution >= 4 is 31.4 Å². The van der Waals surface area contributed by atoms with E-state index in [0.717, 1.165) is 36.8 Å². The van der Waals surface area contributed by atoms with E-state index in [9.17, 15) is 28.6 Å². The summed E-state index contributed by atoms with van der Waals surface area (Å²) in [6.07, 6.45) is 2.61. The predicted molar refractivity (Wildman–Crippen MR) is 176 cm³/mol. The lowest BCUT2D eigenvalue weighted by Gasteiger charge is -2.35. The van der Waals surface area contributed by atoms with E-state index in [2.05, 4.69) is 16.7 Å². The first kappa shape index (κ1) is 35.2. The smallest absolute Gasteiger partial charge is 0.410 e. The zero-order valence-corrected chi connectivity index (χ0v) is 29.4. The maximum absolute atomic E-state index is 14.3. The number of fused-ring (bicyclic) bond motifs is 3. The van der Waals surface area contributed by atoms with Crippen molar-refractivity contribution in [3.8, 4) is 0 Å². The van der Waals surface area contributed by atoms with Crippen LogP contribution in [0.2, 0.25) is 0 Å². The number of nitrogens with zero attached hydrogens (tertiary/aromatic N) is 2. The second-order valence-corrected chi connectivity index (χ2v) is 17.7. The molecule has 0 spiro atoms. The molecule has 47 heavy (non-hydrogen) atoms. The van der Waals surface area contributed by atoms with Gasteiger partial charge in [0, 0.05) is 26.2 Å². The fourth-order valence-electron chi connectivity index (χ4n) is 7.39. The van der Waals surface area contributed by atoms with E-state index in [1.807, 2.05) is 46.8 Å². The number of benzene rings is 1. The molecule has 0 radical (unpaired) electrons. The Labute approximate surface area is 277 Å². The Kier molecular flexibility index (Phi) is 10.1. The summed E-state index contributed by atoms with van der Waals surface area (Å²) in [4.78, 5) is 68.4. The van der Waals surface area contributed by atoms with Gasteiger partial charge in [0.2, 0.25) is 19.2 Å². The van der Waals surface area contributed by atoms with Gasteiger partial charge in [0.15, 0.2) is 0 Å². The summed E-state index contributed by atoms with van der Waals surface area (Å²) in [5.74, 6) is -1.14. The zero-order valence-electron chi connectivity index (χ0n) is 28.5. The second-order valence-electron chi connectivity index (χ2n) is 15.2. The van der Waals surface area contributed by atoms with Crippen molar-refractivity contribution in [1.29, 1.82) is 0 Å². The largest absolute Gasteiger partial charge is 0.449 e. The quantitative estimate of drug-likeness (QED) is 0.387. The number of hydrogen-bond donors (Lipinski definition) is 3. The maximum Gasteiger partial charge on any atom is 0.410 e. The Morgan fingerprint density at radius 2 is 1.89 bits per heavy atom. The van der Waals surface area contributed by atoms with Gasteiger partial charge in [-0.3, -0.25) is 19.1 Å². The van der Waals surface area contributed by atoms with Crippen molar-refractivity contribution in [2.75, 3.05) is 19.8 Å². The van der Waals surface area contributed by atoms with E-state index < -0.39 is 60.3 Å². The fourth-order valence-corrected chi connectivity index (χ4v) is 9.13. The minimum Gasteiger partial charge on any atom is -0.449 e. The molecule has 4 amide bonds. The molecule has 3 N–H and O–H groups in total. The van der Waals surface area contributed by atoms with E-state index >= 15 is 0 Å². The standard InChI is InChI=1S/C34H51N4O8P/c1-7-24-16-34(24,47(6,43)44)36-29(39)27-15-25-18-38(27)30(40)28(33(3,4)5)35-31(41)45-20-21(2)11-8-9-12-22-13-10-14-23-17-37(19-26(22)23)32(42)46-25/h10,13-14,21,24-25,27-28H,7-9,11-12,15-20H2,1-6H3,(H,35,41)(H,36,39)(H,43,44)/t21-,24-,25+,27-,28+,34-/m0/s1. The minimum atomic E-state index is -3.74. The van der Waals surface area contributed by atoms with Gasteiger partial charge >= 0.3 is 12.2 Å². The number of amides is 4. The van der Waals surface area contributed by atoms with Gasteiger partial charge in [0.1, 0.15) is 23.5 Å². The lowest BCUT2D eigenvalue weighted by atomic mass is 9.85. The SMILES string of the molecule is CC[C@H]1C[C@]1(NC(=O)[C@@H]1C[C@@H]2CN1C(=O)[C@H](C(C)(C)C)NC(=O)OC[C@@H](C)CCCCc1cccc3c1CN(C3)C(=O)O2)P(C)(=O)O. The van der Waals surface area contributed by atoms with Crippen LogP contribution in [-0.2, 0) is 43.1 Å². The highest BCUT2D eigenvalue weighted by molar-refractivity contribution is 7.59. The summed E-state index contributed by atoms with van der Waals surface area (Å²) in [7, 11) is -3.74. The van der Waals surface area contributed by atoms with Crippen LogP contribution in [0.3, 0.4) is 0 Å². The van der Waals surface area contributed by atoms with Crippen molar-refractivity contribution in [2.45, 2.75) is 116 Å². The number of cyclic esters (lactones) is 1. The second kappa shape index (κ2) is 13.4. The van der Waals surface area contributed by atoms with Crippen LogP contribution in [0, 0.1) is 17.3 Å². The first-order valence-corrected chi connectivity index (χ1v) is 19.1. The number of carbonyl (C=O) groups excluding carboxylic acids is 4. The number of alkyl carbamates (subject to hydrolysis) is 1. The van der Waals surface area contributed by atoms with Gasteiger partial charge in [-0.2, -0.15) is 0 Å².